The van der Waals surface area contributed by atoms with Crippen LogP contribution in [0.4, 0.5) is 0 Å². The number of allylic oxidation sites excluding steroid dienone is 1. The number of carbonyl (C=O) groups excluding carboxylic acids is 1. The van der Waals surface area contributed by atoms with Gasteiger partial charge >= 0.3 is 0 Å². The zero-order valence-electron chi connectivity index (χ0n) is 30.3. The summed E-state index contributed by atoms with van der Waals surface area (Å²) in [5, 5.41) is 10.8. The maximum atomic E-state index is 13.5. The predicted octanol–water partition coefficient (Wildman–Crippen LogP) is 10.5. The van der Waals surface area contributed by atoms with E-state index in [2.05, 4.69) is 32.9 Å². The summed E-state index contributed by atoms with van der Waals surface area (Å²) in [6, 6.07) is 0. The Morgan fingerprint density at radius 2 is 1.14 bits per heavy atom. The molecule has 3 unspecified atom stereocenters. The zero-order valence-corrected chi connectivity index (χ0v) is 31.3. The third-order valence-corrected chi connectivity index (χ3v) is 10.6. The van der Waals surface area contributed by atoms with Crippen molar-refractivity contribution in [2.45, 2.75) is 175 Å². The summed E-state index contributed by atoms with van der Waals surface area (Å²) in [4.78, 5) is 17.3. The van der Waals surface area contributed by atoms with Crippen molar-refractivity contribution in [2.75, 3.05) is 46.1 Å². The van der Waals surface area contributed by atoms with Crippen molar-refractivity contribution >= 4 is 13.7 Å². The zero-order chi connectivity index (χ0) is 32.7. The van der Waals surface area contributed by atoms with Gasteiger partial charge in [0, 0.05) is 37.9 Å². The van der Waals surface area contributed by atoms with Gasteiger partial charge in [0.1, 0.15) is 0 Å². The molecule has 0 bridgehead atoms. The minimum Gasteiger partial charge on any atom is -0.391 e. The standard InChI is InChI=1S/C38H77N2O3P/c1-6-8-10-12-14-16-18-19-20-21-22-24-26-28-30-36(3)38(42)40(34-37(41)35-44(43)33-32-39(4)5)31-29-27-25-23-17-15-13-11-9-7-2/h25,27,36-37,41,44H,6-24,26,28-35H2,1-5H3. The summed E-state index contributed by atoms with van der Waals surface area (Å²) in [6.45, 7) is 8.28. The lowest BCUT2D eigenvalue weighted by Crippen LogP contribution is -2.41. The van der Waals surface area contributed by atoms with Gasteiger partial charge in [0.15, 0.2) is 0 Å². The van der Waals surface area contributed by atoms with Gasteiger partial charge in [0.25, 0.3) is 0 Å². The lowest BCUT2D eigenvalue weighted by atomic mass is 9.99. The molecule has 0 rings (SSSR count). The fraction of sp³-hybridized carbons (Fsp3) is 0.921. The van der Waals surface area contributed by atoms with Crippen LogP contribution < -0.4 is 0 Å². The van der Waals surface area contributed by atoms with Crippen LogP contribution in [0.3, 0.4) is 0 Å². The molecule has 0 heterocycles. The van der Waals surface area contributed by atoms with E-state index in [9.17, 15) is 14.5 Å². The average molecular weight is 641 g/mol. The molecule has 0 aromatic heterocycles. The van der Waals surface area contributed by atoms with E-state index in [4.69, 9.17) is 0 Å². The number of unbranched alkanes of at least 4 members (excludes halogenated alkanes) is 19. The molecule has 0 aliphatic rings. The third-order valence-electron chi connectivity index (χ3n) is 8.91. The highest BCUT2D eigenvalue weighted by Gasteiger charge is 2.23. The summed E-state index contributed by atoms with van der Waals surface area (Å²) in [7, 11) is 2.11. The second kappa shape index (κ2) is 32.3. The van der Waals surface area contributed by atoms with Gasteiger partial charge in [-0.1, -0.05) is 155 Å². The molecule has 6 heteroatoms. The van der Waals surface area contributed by atoms with Crippen LogP contribution in [0.25, 0.3) is 0 Å². The largest absolute Gasteiger partial charge is 0.391 e. The van der Waals surface area contributed by atoms with Crippen LogP contribution in [0.2, 0.25) is 0 Å². The van der Waals surface area contributed by atoms with Crippen LogP contribution >= 0.6 is 7.80 Å². The molecule has 3 atom stereocenters. The fourth-order valence-corrected chi connectivity index (χ4v) is 7.47. The quantitative estimate of drug-likeness (QED) is 0.0440. The average Bonchev–Trinajstić information content (AvgIpc) is 3.00. The molecule has 0 aliphatic heterocycles. The maximum absolute atomic E-state index is 13.5. The summed E-state index contributed by atoms with van der Waals surface area (Å²) in [5.74, 6) is 0.119. The maximum Gasteiger partial charge on any atom is 0.225 e. The van der Waals surface area contributed by atoms with Gasteiger partial charge in [0.2, 0.25) is 5.91 Å². The first-order chi connectivity index (χ1) is 21.3. The minimum atomic E-state index is -1.85. The number of rotatable bonds is 33. The molecule has 0 radical (unpaired) electrons. The summed E-state index contributed by atoms with van der Waals surface area (Å²) in [6.07, 6.45) is 34.1. The molecule has 0 aromatic rings. The van der Waals surface area contributed by atoms with Gasteiger partial charge in [0.05, 0.1) is 13.9 Å². The van der Waals surface area contributed by atoms with Crippen LogP contribution in [0.5, 0.6) is 0 Å². The van der Waals surface area contributed by atoms with Crippen LogP contribution in [-0.4, -0.2) is 73.0 Å². The number of nitrogens with zero attached hydrogens (tertiary/aromatic N) is 2. The molecule has 262 valence electrons. The minimum absolute atomic E-state index is 0.0302. The van der Waals surface area contributed by atoms with E-state index in [0.717, 1.165) is 32.2 Å². The Morgan fingerprint density at radius 1 is 0.682 bits per heavy atom. The highest BCUT2D eigenvalue weighted by molar-refractivity contribution is 7.44. The van der Waals surface area contributed by atoms with E-state index in [1.807, 2.05) is 23.9 Å². The van der Waals surface area contributed by atoms with Gasteiger partial charge in [-0.3, -0.25) is 4.79 Å². The van der Waals surface area contributed by atoms with Crippen molar-refractivity contribution < 1.29 is 14.5 Å². The first-order valence-corrected chi connectivity index (χ1v) is 20.9. The second-order valence-corrected chi connectivity index (χ2v) is 15.8. The SMILES string of the molecule is CCCCCCCCC=CCCN(CC(O)C[PH](=O)CCN(C)C)C(=O)C(C)CCCCCCCCCCCCCCCC. The summed E-state index contributed by atoms with van der Waals surface area (Å²) in [5.41, 5.74) is 0. The fourth-order valence-electron chi connectivity index (χ4n) is 5.91. The molecule has 1 N–H and O–H groups in total. The van der Waals surface area contributed by atoms with E-state index >= 15 is 0 Å². The number of hydrogen-bond acceptors (Lipinski definition) is 4. The highest BCUT2D eigenvalue weighted by atomic mass is 31.1. The van der Waals surface area contributed by atoms with Gasteiger partial charge in [-0.05, 0) is 39.8 Å². The van der Waals surface area contributed by atoms with E-state index in [0.29, 0.717) is 25.4 Å². The van der Waals surface area contributed by atoms with E-state index in [1.54, 1.807) is 0 Å². The number of aliphatic hydroxyl groups excluding tert-OH is 1. The molecule has 0 aliphatic carbocycles. The topological polar surface area (TPSA) is 60.9 Å². The predicted molar refractivity (Wildman–Crippen MR) is 196 cm³/mol. The normalized spacial score (nSPS) is 14.0. The van der Waals surface area contributed by atoms with Crippen LogP contribution in [0.15, 0.2) is 12.2 Å². The molecule has 0 saturated heterocycles. The van der Waals surface area contributed by atoms with Crippen molar-refractivity contribution in [3.05, 3.63) is 12.2 Å². The van der Waals surface area contributed by atoms with Gasteiger partial charge in [-0.25, -0.2) is 0 Å². The van der Waals surface area contributed by atoms with E-state index in [-0.39, 0.29) is 11.8 Å². The van der Waals surface area contributed by atoms with Gasteiger partial charge in [-0.15, -0.1) is 0 Å². The lowest BCUT2D eigenvalue weighted by molar-refractivity contribution is -0.136. The van der Waals surface area contributed by atoms with Gasteiger partial charge in [-0.2, -0.15) is 0 Å². The smallest absolute Gasteiger partial charge is 0.225 e. The monoisotopic (exact) mass is 641 g/mol. The Labute approximate surface area is 276 Å². The summed E-state index contributed by atoms with van der Waals surface area (Å²) < 4.78 is 12.5. The Morgan fingerprint density at radius 3 is 1.64 bits per heavy atom. The molecular formula is C38H77N2O3P. The first-order valence-electron chi connectivity index (χ1n) is 19.1. The number of amides is 1. The molecule has 0 aromatic carbocycles. The van der Waals surface area contributed by atoms with E-state index in [1.165, 1.54) is 122 Å². The van der Waals surface area contributed by atoms with Crippen molar-refractivity contribution in [3.63, 3.8) is 0 Å². The van der Waals surface area contributed by atoms with E-state index < -0.39 is 13.9 Å². The molecule has 0 fully saturated rings. The van der Waals surface area contributed by atoms with Crippen LogP contribution in [0, 0.1) is 5.92 Å². The van der Waals surface area contributed by atoms with Crippen molar-refractivity contribution in [3.8, 4) is 0 Å². The molecule has 5 nitrogen and oxygen atoms in total. The van der Waals surface area contributed by atoms with Crippen LogP contribution in [-0.2, 0) is 9.36 Å². The van der Waals surface area contributed by atoms with Gasteiger partial charge < -0.3 is 19.5 Å². The molecular weight excluding hydrogens is 563 g/mol. The van der Waals surface area contributed by atoms with Crippen molar-refractivity contribution in [1.82, 2.24) is 9.80 Å². The Hall–Kier alpha value is -0.640. The van der Waals surface area contributed by atoms with Crippen molar-refractivity contribution in [2.24, 2.45) is 5.92 Å². The first kappa shape index (κ1) is 43.4. The number of hydrogen-bond donors (Lipinski definition) is 1. The second-order valence-electron chi connectivity index (χ2n) is 13.8. The Balaban J connectivity index is 4.42. The third kappa shape index (κ3) is 28.8. The molecule has 0 spiro atoms. The highest BCUT2D eigenvalue weighted by Crippen LogP contribution is 2.22. The molecule has 1 amide bonds. The number of aliphatic hydroxyl groups is 1. The Kier molecular flexibility index (Phi) is 31.8. The lowest BCUT2D eigenvalue weighted by Gasteiger charge is -2.28. The molecule has 44 heavy (non-hydrogen) atoms. The number of carbonyl (C=O) groups is 1. The Bertz CT molecular complexity index is 685. The van der Waals surface area contributed by atoms with Crippen LogP contribution in [0.1, 0.15) is 168 Å². The van der Waals surface area contributed by atoms with Crippen molar-refractivity contribution in [1.29, 1.82) is 0 Å². The summed E-state index contributed by atoms with van der Waals surface area (Å²) >= 11 is 0. The molecule has 0 saturated carbocycles.